The highest BCUT2D eigenvalue weighted by molar-refractivity contribution is 5.95. The maximum atomic E-state index is 12.2. The van der Waals surface area contributed by atoms with Gasteiger partial charge in [-0.2, -0.15) is 0 Å². The summed E-state index contributed by atoms with van der Waals surface area (Å²) in [6.45, 7) is 7.24. The van der Waals surface area contributed by atoms with Crippen LogP contribution in [-0.4, -0.2) is 30.8 Å². The Morgan fingerprint density at radius 1 is 1.08 bits per heavy atom. The van der Waals surface area contributed by atoms with Crippen molar-refractivity contribution in [3.63, 3.8) is 0 Å². The Labute approximate surface area is 154 Å². The summed E-state index contributed by atoms with van der Waals surface area (Å²) in [7, 11) is 0. The molecule has 2 aromatic rings. The van der Waals surface area contributed by atoms with E-state index >= 15 is 0 Å². The second kappa shape index (κ2) is 9.56. The topological polar surface area (TPSA) is 79.8 Å². The third-order valence-electron chi connectivity index (χ3n) is 3.46. The standard InChI is InChI=1S/C20H26N2O4/c1-4-25-16-6-5-7-17(11-16)26-13-20(24)22-18-9-8-15(23)10-19(18)21-12-14(2)3/h5-11,14,21,23H,4,12-13H2,1-3H3,(H,22,24). The molecule has 26 heavy (non-hydrogen) atoms. The van der Waals surface area contributed by atoms with Gasteiger partial charge in [-0.15, -0.1) is 0 Å². The number of phenolic OH excluding ortho intramolecular Hbond substituents is 1. The lowest BCUT2D eigenvalue weighted by Crippen LogP contribution is -2.21. The van der Waals surface area contributed by atoms with Gasteiger partial charge in [-0.05, 0) is 37.1 Å². The quantitative estimate of drug-likeness (QED) is 0.593. The van der Waals surface area contributed by atoms with Gasteiger partial charge >= 0.3 is 0 Å². The molecule has 6 nitrogen and oxygen atoms in total. The number of carbonyl (C=O) groups is 1. The van der Waals surface area contributed by atoms with Crippen LogP contribution in [-0.2, 0) is 4.79 Å². The number of aromatic hydroxyl groups is 1. The van der Waals surface area contributed by atoms with Gasteiger partial charge in [0.05, 0.1) is 18.0 Å². The molecule has 0 heterocycles. The molecule has 0 atom stereocenters. The SMILES string of the molecule is CCOc1cccc(OCC(=O)Nc2ccc(O)cc2NCC(C)C)c1. The van der Waals surface area contributed by atoms with Crippen molar-refractivity contribution in [1.29, 1.82) is 0 Å². The number of anilines is 2. The van der Waals surface area contributed by atoms with Crippen molar-refractivity contribution in [3.8, 4) is 17.2 Å². The monoisotopic (exact) mass is 358 g/mol. The predicted molar refractivity (Wildman–Crippen MR) is 103 cm³/mol. The number of phenols is 1. The lowest BCUT2D eigenvalue weighted by atomic mass is 10.2. The van der Waals surface area contributed by atoms with Gasteiger partial charge in [-0.3, -0.25) is 4.79 Å². The van der Waals surface area contributed by atoms with Crippen LogP contribution in [0.2, 0.25) is 0 Å². The van der Waals surface area contributed by atoms with Crippen molar-refractivity contribution in [3.05, 3.63) is 42.5 Å². The van der Waals surface area contributed by atoms with E-state index in [0.717, 1.165) is 6.54 Å². The third-order valence-corrected chi connectivity index (χ3v) is 3.46. The number of amides is 1. The number of rotatable bonds is 9. The largest absolute Gasteiger partial charge is 0.508 e. The molecule has 0 aliphatic carbocycles. The normalized spacial score (nSPS) is 10.5. The van der Waals surface area contributed by atoms with E-state index in [9.17, 15) is 9.90 Å². The van der Waals surface area contributed by atoms with Gasteiger partial charge in [0.15, 0.2) is 6.61 Å². The summed E-state index contributed by atoms with van der Waals surface area (Å²) in [4.78, 5) is 12.2. The molecule has 140 valence electrons. The predicted octanol–water partition coefficient (Wildman–Crippen LogP) is 3.88. The van der Waals surface area contributed by atoms with Crippen molar-refractivity contribution < 1.29 is 19.4 Å². The molecular weight excluding hydrogens is 332 g/mol. The molecule has 0 fully saturated rings. The van der Waals surface area contributed by atoms with E-state index in [2.05, 4.69) is 24.5 Å². The van der Waals surface area contributed by atoms with Crippen LogP contribution < -0.4 is 20.1 Å². The molecule has 0 saturated heterocycles. The molecule has 3 N–H and O–H groups in total. The number of hydrogen-bond donors (Lipinski definition) is 3. The Balaban J connectivity index is 1.96. The fourth-order valence-electron chi connectivity index (χ4n) is 2.26. The Kier molecular flexibility index (Phi) is 7.14. The third kappa shape index (κ3) is 6.20. The second-order valence-corrected chi connectivity index (χ2v) is 6.25. The first-order valence-electron chi connectivity index (χ1n) is 8.70. The number of carbonyl (C=O) groups excluding carboxylic acids is 1. The number of ether oxygens (including phenoxy) is 2. The van der Waals surface area contributed by atoms with E-state index in [4.69, 9.17) is 9.47 Å². The van der Waals surface area contributed by atoms with Crippen molar-refractivity contribution in [2.45, 2.75) is 20.8 Å². The smallest absolute Gasteiger partial charge is 0.262 e. The van der Waals surface area contributed by atoms with Crippen LogP contribution >= 0.6 is 0 Å². The van der Waals surface area contributed by atoms with Crippen LogP contribution in [0.4, 0.5) is 11.4 Å². The van der Waals surface area contributed by atoms with E-state index in [0.29, 0.717) is 35.4 Å². The zero-order chi connectivity index (χ0) is 18.9. The first-order chi connectivity index (χ1) is 12.5. The summed E-state index contributed by atoms with van der Waals surface area (Å²) in [6.07, 6.45) is 0. The van der Waals surface area contributed by atoms with Gasteiger partial charge in [0, 0.05) is 18.7 Å². The van der Waals surface area contributed by atoms with Crippen molar-refractivity contribution in [2.24, 2.45) is 5.92 Å². The van der Waals surface area contributed by atoms with Gasteiger partial charge < -0.3 is 25.2 Å². The molecule has 2 rings (SSSR count). The van der Waals surface area contributed by atoms with Gasteiger partial charge in [-0.25, -0.2) is 0 Å². The average molecular weight is 358 g/mol. The minimum atomic E-state index is -0.287. The lowest BCUT2D eigenvalue weighted by Gasteiger charge is -2.15. The van der Waals surface area contributed by atoms with Gasteiger partial charge in [0.1, 0.15) is 17.2 Å². The first-order valence-corrected chi connectivity index (χ1v) is 8.70. The Morgan fingerprint density at radius 3 is 2.50 bits per heavy atom. The summed E-state index contributed by atoms with van der Waals surface area (Å²) < 4.78 is 10.9. The summed E-state index contributed by atoms with van der Waals surface area (Å²) >= 11 is 0. The van der Waals surface area contributed by atoms with E-state index < -0.39 is 0 Å². The van der Waals surface area contributed by atoms with Crippen LogP contribution in [0.3, 0.4) is 0 Å². The first kappa shape index (κ1) is 19.4. The van der Waals surface area contributed by atoms with Crippen LogP contribution in [0.1, 0.15) is 20.8 Å². The number of benzene rings is 2. The second-order valence-electron chi connectivity index (χ2n) is 6.25. The molecule has 0 radical (unpaired) electrons. The molecule has 2 aromatic carbocycles. The molecule has 0 aliphatic heterocycles. The lowest BCUT2D eigenvalue weighted by molar-refractivity contribution is -0.118. The van der Waals surface area contributed by atoms with E-state index in [1.807, 2.05) is 19.1 Å². The Morgan fingerprint density at radius 2 is 1.81 bits per heavy atom. The van der Waals surface area contributed by atoms with Gasteiger partial charge in [-0.1, -0.05) is 19.9 Å². The highest BCUT2D eigenvalue weighted by atomic mass is 16.5. The molecule has 0 bridgehead atoms. The molecule has 0 aliphatic rings. The summed E-state index contributed by atoms with van der Waals surface area (Å²) in [5.41, 5.74) is 1.27. The van der Waals surface area contributed by atoms with Gasteiger partial charge in [0.25, 0.3) is 5.91 Å². The Bertz CT molecular complexity index is 732. The average Bonchev–Trinajstić information content (AvgIpc) is 2.61. The zero-order valence-corrected chi connectivity index (χ0v) is 15.4. The van der Waals surface area contributed by atoms with E-state index in [1.165, 1.54) is 6.07 Å². The van der Waals surface area contributed by atoms with E-state index in [1.54, 1.807) is 24.3 Å². The highest BCUT2D eigenvalue weighted by Gasteiger charge is 2.09. The van der Waals surface area contributed by atoms with Crippen LogP contribution in [0, 0.1) is 5.92 Å². The zero-order valence-electron chi connectivity index (χ0n) is 15.4. The maximum absolute atomic E-state index is 12.2. The maximum Gasteiger partial charge on any atom is 0.262 e. The molecule has 0 spiro atoms. The fourth-order valence-corrected chi connectivity index (χ4v) is 2.26. The summed E-state index contributed by atoms with van der Waals surface area (Å²) in [5.74, 6) is 1.55. The van der Waals surface area contributed by atoms with Gasteiger partial charge in [0.2, 0.25) is 0 Å². The minimum absolute atomic E-state index is 0.125. The molecule has 1 amide bonds. The van der Waals surface area contributed by atoms with Crippen molar-refractivity contribution >= 4 is 17.3 Å². The number of hydrogen-bond acceptors (Lipinski definition) is 5. The summed E-state index contributed by atoms with van der Waals surface area (Å²) in [6, 6.07) is 11.9. The van der Waals surface area contributed by atoms with Crippen molar-refractivity contribution in [1.82, 2.24) is 0 Å². The summed E-state index contributed by atoms with van der Waals surface area (Å²) in [5, 5.41) is 15.7. The molecule has 6 heteroatoms. The van der Waals surface area contributed by atoms with Crippen LogP contribution in [0.25, 0.3) is 0 Å². The van der Waals surface area contributed by atoms with Crippen LogP contribution in [0.5, 0.6) is 17.2 Å². The molecule has 0 aromatic heterocycles. The molecular formula is C20H26N2O4. The van der Waals surface area contributed by atoms with Crippen LogP contribution in [0.15, 0.2) is 42.5 Å². The van der Waals surface area contributed by atoms with Crippen molar-refractivity contribution in [2.75, 3.05) is 30.4 Å². The highest BCUT2D eigenvalue weighted by Crippen LogP contribution is 2.27. The number of nitrogens with one attached hydrogen (secondary N) is 2. The fraction of sp³-hybridized carbons (Fsp3) is 0.350. The molecule has 0 unspecified atom stereocenters. The minimum Gasteiger partial charge on any atom is -0.508 e. The molecule has 0 saturated carbocycles. The van der Waals surface area contributed by atoms with E-state index in [-0.39, 0.29) is 18.3 Å². The Hall–Kier alpha value is -2.89.